The summed E-state index contributed by atoms with van der Waals surface area (Å²) in [6, 6.07) is 2.05. The maximum absolute atomic E-state index is 12.5. The van der Waals surface area contributed by atoms with E-state index in [2.05, 4.69) is 17.6 Å². The third kappa shape index (κ3) is 3.11. The quantitative estimate of drug-likeness (QED) is 0.898. The third-order valence-electron chi connectivity index (χ3n) is 4.84. The average molecular weight is 310 g/mol. The van der Waals surface area contributed by atoms with Crippen molar-refractivity contribution < 1.29 is 4.79 Å². The van der Waals surface area contributed by atoms with Crippen molar-refractivity contribution in [2.24, 2.45) is 0 Å². The number of aryl methyl sites for hydroxylation is 1. The van der Waals surface area contributed by atoms with Gasteiger partial charge in [0, 0.05) is 24.3 Å². The minimum atomic E-state index is 0.0109. The Labute approximate surface area is 131 Å². The van der Waals surface area contributed by atoms with E-state index in [9.17, 15) is 4.79 Å². The van der Waals surface area contributed by atoms with E-state index in [0.29, 0.717) is 16.3 Å². The number of carbonyl (C=O) groups is 1. The smallest absolute Gasteiger partial charge is 0.268 e. The molecule has 3 rings (SSSR count). The lowest BCUT2D eigenvalue weighted by Gasteiger charge is -2.48. The Morgan fingerprint density at radius 2 is 2.38 bits per heavy atom. The number of halogens is 1. The van der Waals surface area contributed by atoms with E-state index < -0.39 is 0 Å². The number of nitrogens with one attached hydrogen (secondary N) is 2. The first-order chi connectivity index (χ1) is 10.1. The van der Waals surface area contributed by atoms with Gasteiger partial charge in [0.25, 0.3) is 5.91 Å². The van der Waals surface area contributed by atoms with Crippen molar-refractivity contribution in [3.8, 4) is 0 Å². The van der Waals surface area contributed by atoms with Crippen LogP contribution in [0, 0.1) is 0 Å². The standard InChI is InChI=1S/C16H24ClN3O/c1-2-8-20-11-12(17)9-14(20)15(21)19-13-4-7-18-16(10-13)5-3-6-16/h9,11,13,18H,2-8,10H2,1H3,(H,19,21). The van der Waals surface area contributed by atoms with Crippen LogP contribution in [0.5, 0.6) is 0 Å². The van der Waals surface area contributed by atoms with Gasteiger partial charge in [0.05, 0.1) is 5.02 Å². The normalized spacial score (nSPS) is 23.8. The van der Waals surface area contributed by atoms with Gasteiger partial charge in [-0.25, -0.2) is 0 Å². The fraction of sp³-hybridized carbons (Fsp3) is 0.688. The van der Waals surface area contributed by atoms with Crippen LogP contribution in [0.25, 0.3) is 0 Å². The minimum Gasteiger partial charge on any atom is -0.348 e. The number of nitrogens with zero attached hydrogens (tertiary/aromatic N) is 1. The molecule has 0 radical (unpaired) electrons. The van der Waals surface area contributed by atoms with Gasteiger partial charge in [-0.15, -0.1) is 0 Å². The highest BCUT2D eigenvalue weighted by Gasteiger charge is 2.41. The monoisotopic (exact) mass is 309 g/mol. The molecule has 1 aromatic rings. The van der Waals surface area contributed by atoms with E-state index in [4.69, 9.17) is 11.6 Å². The number of aromatic nitrogens is 1. The molecule has 5 heteroatoms. The van der Waals surface area contributed by atoms with Gasteiger partial charge in [-0.1, -0.05) is 18.5 Å². The van der Waals surface area contributed by atoms with E-state index >= 15 is 0 Å². The first-order valence-electron chi connectivity index (χ1n) is 8.03. The predicted molar refractivity (Wildman–Crippen MR) is 84.8 cm³/mol. The topological polar surface area (TPSA) is 46.1 Å². The first kappa shape index (κ1) is 14.9. The highest BCUT2D eigenvalue weighted by atomic mass is 35.5. The molecule has 1 aromatic heterocycles. The van der Waals surface area contributed by atoms with Crippen LogP contribution >= 0.6 is 11.6 Å². The second-order valence-electron chi connectivity index (χ2n) is 6.46. The molecule has 1 unspecified atom stereocenters. The SMILES string of the molecule is CCCn1cc(Cl)cc1C(=O)NC1CCNC2(CCC2)C1. The second kappa shape index (κ2) is 6.01. The minimum absolute atomic E-state index is 0.0109. The summed E-state index contributed by atoms with van der Waals surface area (Å²) in [6.45, 7) is 3.93. The molecule has 116 valence electrons. The van der Waals surface area contributed by atoms with Crippen LogP contribution in [0.1, 0.15) is 55.9 Å². The van der Waals surface area contributed by atoms with Crippen molar-refractivity contribution in [1.82, 2.24) is 15.2 Å². The van der Waals surface area contributed by atoms with Crippen LogP contribution in [0.4, 0.5) is 0 Å². The molecule has 21 heavy (non-hydrogen) atoms. The average Bonchev–Trinajstić information content (AvgIpc) is 2.79. The molecule has 2 fully saturated rings. The molecule has 1 amide bonds. The van der Waals surface area contributed by atoms with Crippen LogP contribution in [0.3, 0.4) is 0 Å². The fourth-order valence-corrected chi connectivity index (χ4v) is 3.84. The second-order valence-corrected chi connectivity index (χ2v) is 6.90. The summed E-state index contributed by atoms with van der Waals surface area (Å²) < 4.78 is 1.96. The molecule has 2 N–H and O–H groups in total. The number of hydrogen-bond donors (Lipinski definition) is 2. The Morgan fingerprint density at radius 1 is 1.57 bits per heavy atom. The molecule has 0 bridgehead atoms. The predicted octanol–water partition coefficient (Wildman–Crippen LogP) is 2.96. The van der Waals surface area contributed by atoms with Gasteiger partial charge in [0.2, 0.25) is 0 Å². The van der Waals surface area contributed by atoms with E-state index in [0.717, 1.165) is 32.4 Å². The van der Waals surface area contributed by atoms with E-state index in [1.54, 1.807) is 6.07 Å². The number of carbonyl (C=O) groups excluding carboxylic acids is 1. The van der Waals surface area contributed by atoms with Crippen LogP contribution in [-0.2, 0) is 6.54 Å². The molecule has 1 saturated heterocycles. The number of piperidine rings is 1. The van der Waals surface area contributed by atoms with E-state index in [1.807, 2.05) is 10.8 Å². The zero-order valence-corrected chi connectivity index (χ0v) is 13.4. The molecule has 1 spiro atoms. The van der Waals surface area contributed by atoms with Crippen molar-refractivity contribution >= 4 is 17.5 Å². The van der Waals surface area contributed by atoms with Gasteiger partial charge < -0.3 is 15.2 Å². The number of hydrogen-bond acceptors (Lipinski definition) is 2. The molecule has 1 saturated carbocycles. The maximum Gasteiger partial charge on any atom is 0.268 e. The highest BCUT2D eigenvalue weighted by molar-refractivity contribution is 6.31. The van der Waals surface area contributed by atoms with Crippen LogP contribution < -0.4 is 10.6 Å². The largest absolute Gasteiger partial charge is 0.348 e. The molecule has 4 nitrogen and oxygen atoms in total. The molecular weight excluding hydrogens is 286 g/mol. The summed E-state index contributed by atoms with van der Waals surface area (Å²) in [6.07, 6.45) is 8.70. The third-order valence-corrected chi connectivity index (χ3v) is 5.04. The molecular formula is C16H24ClN3O. The Kier molecular flexibility index (Phi) is 4.27. The fourth-order valence-electron chi connectivity index (χ4n) is 3.62. The molecule has 2 heterocycles. The van der Waals surface area contributed by atoms with Crippen LogP contribution in [0.2, 0.25) is 5.02 Å². The van der Waals surface area contributed by atoms with Crippen molar-refractivity contribution in [1.29, 1.82) is 0 Å². The molecule has 1 atom stereocenters. The summed E-state index contributed by atoms with van der Waals surface area (Å²) in [5.74, 6) is 0.0109. The zero-order valence-electron chi connectivity index (χ0n) is 12.6. The lowest BCUT2D eigenvalue weighted by atomic mass is 9.70. The summed E-state index contributed by atoms with van der Waals surface area (Å²) in [7, 11) is 0. The van der Waals surface area contributed by atoms with Crippen molar-refractivity contribution in [3.63, 3.8) is 0 Å². The first-order valence-corrected chi connectivity index (χ1v) is 8.41. The van der Waals surface area contributed by atoms with Crippen molar-refractivity contribution in [2.75, 3.05) is 6.54 Å². The van der Waals surface area contributed by atoms with Gasteiger partial charge in [-0.05, 0) is 51.1 Å². The van der Waals surface area contributed by atoms with Gasteiger partial charge >= 0.3 is 0 Å². The Bertz CT molecular complexity index is 522. The lowest BCUT2D eigenvalue weighted by Crippen LogP contribution is -2.59. The molecule has 2 aliphatic rings. The summed E-state index contributed by atoms with van der Waals surface area (Å²) in [4.78, 5) is 12.5. The maximum atomic E-state index is 12.5. The zero-order chi connectivity index (χ0) is 14.9. The van der Waals surface area contributed by atoms with E-state index in [-0.39, 0.29) is 11.9 Å². The summed E-state index contributed by atoms with van der Waals surface area (Å²) in [5.41, 5.74) is 0.988. The van der Waals surface area contributed by atoms with Gasteiger partial charge in [0.15, 0.2) is 0 Å². The van der Waals surface area contributed by atoms with Gasteiger partial charge in [0.1, 0.15) is 5.69 Å². The van der Waals surface area contributed by atoms with Crippen molar-refractivity contribution in [3.05, 3.63) is 23.0 Å². The van der Waals surface area contributed by atoms with Gasteiger partial charge in [-0.3, -0.25) is 4.79 Å². The summed E-state index contributed by atoms with van der Waals surface area (Å²) in [5, 5.41) is 7.48. The Morgan fingerprint density at radius 3 is 3.05 bits per heavy atom. The Hall–Kier alpha value is -1.00. The van der Waals surface area contributed by atoms with Crippen molar-refractivity contribution in [2.45, 2.75) is 63.6 Å². The number of amides is 1. The summed E-state index contributed by atoms with van der Waals surface area (Å²) >= 11 is 6.05. The van der Waals surface area contributed by atoms with Crippen LogP contribution in [0.15, 0.2) is 12.3 Å². The number of rotatable bonds is 4. The van der Waals surface area contributed by atoms with Gasteiger partial charge in [-0.2, -0.15) is 0 Å². The molecule has 1 aliphatic carbocycles. The van der Waals surface area contributed by atoms with Crippen LogP contribution in [-0.4, -0.2) is 28.6 Å². The van der Waals surface area contributed by atoms with E-state index in [1.165, 1.54) is 19.3 Å². The molecule has 1 aliphatic heterocycles. The molecule has 0 aromatic carbocycles. The Balaban J connectivity index is 1.65. The lowest BCUT2D eigenvalue weighted by molar-refractivity contribution is 0.0844. The highest BCUT2D eigenvalue weighted by Crippen LogP contribution is 2.38.